The Morgan fingerprint density at radius 1 is 1.08 bits per heavy atom. The van der Waals surface area contributed by atoms with Crippen molar-refractivity contribution < 1.29 is 14.4 Å². The minimum atomic E-state index is -0.255. The van der Waals surface area contributed by atoms with E-state index in [1.54, 1.807) is 12.1 Å². The Morgan fingerprint density at radius 2 is 1.80 bits per heavy atom. The number of likely N-dealkylation sites (N-methyl/N-ethyl adjacent to an activating group) is 1. The molecule has 0 spiro atoms. The van der Waals surface area contributed by atoms with E-state index < -0.39 is 0 Å². The first kappa shape index (κ1) is 17.1. The van der Waals surface area contributed by atoms with Crippen molar-refractivity contribution in [2.24, 2.45) is 0 Å². The smallest absolute Gasteiger partial charge is 0.261 e. The largest absolute Gasteiger partial charge is 0.384 e. The molecule has 2 amide bonds. The van der Waals surface area contributed by atoms with Gasteiger partial charge >= 0.3 is 0 Å². The first-order valence-corrected chi connectivity index (χ1v) is 8.28. The van der Waals surface area contributed by atoms with Crippen molar-refractivity contribution in [1.29, 1.82) is 0 Å². The number of rotatable bonds is 7. The van der Waals surface area contributed by atoms with Crippen molar-refractivity contribution in [1.82, 2.24) is 9.80 Å². The maximum Gasteiger partial charge on any atom is 0.261 e. The van der Waals surface area contributed by atoms with Crippen LogP contribution in [0.4, 0.5) is 5.69 Å². The third-order valence-corrected chi connectivity index (χ3v) is 4.34. The van der Waals surface area contributed by atoms with Gasteiger partial charge in [0.25, 0.3) is 11.8 Å². The minimum Gasteiger partial charge on any atom is -0.384 e. The Balaban J connectivity index is 2.04. The van der Waals surface area contributed by atoms with Gasteiger partial charge in [0.1, 0.15) is 6.29 Å². The summed E-state index contributed by atoms with van der Waals surface area (Å²) in [6.07, 6.45) is 1.26. The molecule has 0 atom stereocenters. The number of carbonyl (C=O) groups is 3. The molecular weight excluding hydrogens is 318 g/mol. The molecular formula is C19H21N3O3. The number of nitrogens with one attached hydrogen (secondary N) is 1. The zero-order valence-electron chi connectivity index (χ0n) is 14.4. The van der Waals surface area contributed by atoms with E-state index in [0.29, 0.717) is 42.6 Å². The fourth-order valence-electron chi connectivity index (χ4n) is 3.07. The van der Waals surface area contributed by atoms with Gasteiger partial charge < -0.3 is 15.0 Å². The van der Waals surface area contributed by atoms with Gasteiger partial charge in [0.2, 0.25) is 0 Å². The van der Waals surface area contributed by atoms with Crippen molar-refractivity contribution in [2.75, 3.05) is 39.0 Å². The van der Waals surface area contributed by atoms with Crippen LogP contribution >= 0.6 is 0 Å². The molecule has 0 aromatic heterocycles. The number of benzene rings is 2. The fourth-order valence-corrected chi connectivity index (χ4v) is 3.07. The Kier molecular flexibility index (Phi) is 4.81. The summed E-state index contributed by atoms with van der Waals surface area (Å²) in [6, 6.07) is 9.07. The van der Waals surface area contributed by atoms with Gasteiger partial charge in [0.05, 0.1) is 0 Å². The van der Waals surface area contributed by atoms with Crippen LogP contribution in [0.1, 0.15) is 27.1 Å². The van der Waals surface area contributed by atoms with Crippen LogP contribution in [0.25, 0.3) is 10.8 Å². The zero-order valence-corrected chi connectivity index (χ0v) is 14.4. The van der Waals surface area contributed by atoms with Crippen LogP contribution in [0.2, 0.25) is 0 Å². The van der Waals surface area contributed by atoms with Crippen LogP contribution in [-0.2, 0) is 4.79 Å². The van der Waals surface area contributed by atoms with Gasteiger partial charge in [-0.2, -0.15) is 0 Å². The fraction of sp³-hybridized carbons (Fsp3) is 0.316. The van der Waals surface area contributed by atoms with Crippen LogP contribution in [0.5, 0.6) is 0 Å². The Labute approximate surface area is 146 Å². The summed E-state index contributed by atoms with van der Waals surface area (Å²) in [5.41, 5.74) is 1.92. The first-order valence-electron chi connectivity index (χ1n) is 8.28. The van der Waals surface area contributed by atoms with Crippen LogP contribution in [-0.4, -0.2) is 61.6 Å². The summed E-state index contributed by atoms with van der Waals surface area (Å²) in [7, 11) is 3.82. The minimum absolute atomic E-state index is 0.255. The summed E-state index contributed by atoms with van der Waals surface area (Å²) in [5.74, 6) is -0.509. The van der Waals surface area contributed by atoms with Crippen molar-refractivity contribution in [2.45, 2.75) is 6.42 Å². The molecule has 2 aromatic carbocycles. The molecule has 2 aromatic rings. The quantitative estimate of drug-likeness (QED) is 0.475. The lowest BCUT2D eigenvalue weighted by Gasteiger charge is -2.28. The number of carbonyl (C=O) groups excluding carboxylic acids is 3. The van der Waals surface area contributed by atoms with Crippen molar-refractivity contribution >= 4 is 34.6 Å². The monoisotopic (exact) mass is 339 g/mol. The van der Waals surface area contributed by atoms with Crippen LogP contribution in [0.3, 0.4) is 0 Å². The summed E-state index contributed by atoms with van der Waals surface area (Å²) in [6.45, 7) is 1.49. The molecule has 0 unspecified atom stereocenters. The molecule has 130 valence electrons. The summed E-state index contributed by atoms with van der Waals surface area (Å²) >= 11 is 0. The highest BCUT2D eigenvalue weighted by molar-refractivity contribution is 6.26. The molecule has 1 aliphatic rings. The van der Waals surface area contributed by atoms with E-state index in [2.05, 4.69) is 5.32 Å². The highest BCUT2D eigenvalue weighted by Gasteiger charge is 2.32. The van der Waals surface area contributed by atoms with Gasteiger partial charge in [-0.15, -0.1) is 0 Å². The Morgan fingerprint density at radius 3 is 2.48 bits per heavy atom. The maximum atomic E-state index is 12.8. The number of nitrogens with zero attached hydrogens (tertiary/aromatic N) is 2. The van der Waals surface area contributed by atoms with Gasteiger partial charge in [-0.25, -0.2) is 0 Å². The van der Waals surface area contributed by atoms with Crippen molar-refractivity contribution in [3.63, 3.8) is 0 Å². The van der Waals surface area contributed by atoms with Crippen molar-refractivity contribution in [3.8, 4) is 0 Å². The SMILES string of the molecule is CN(C)CCN1C(=O)c2cccc3c(NCCC=O)ccc(c23)C1=O. The number of anilines is 1. The number of hydrogen-bond acceptors (Lipinski definition) is 5. The second-order valence-electron chi connectivity index (χ2n) is 6.34. The Hall–Kier alpha value is -2.73. The van der Waals surface area contributed by atoms with Gasteiger partial charge in [0.15, 0.2) is 0 Å². The predicted molar refractivity (Wildman–Crippen MR) is 97.0 cm³/mol. The van der Waals surface area contributed by atoms with E-state index in [4.69, 9.17) is 0 Å². The topological polar surface area (TPSA) is 69.7 Å². The highest BCUT2D eigenvalue weighted by atomic mass is 16.2. The predicted octanol–water partition coefficient (Wildman–Crippen LogP) is 2.00. The molecule has 0 saturated carbocycles. The first-order chi connectivity index (χ1) is 12.0. The molecule has 0 bridgehead atoms. The summed E-state index contributed by atoms with van der Waals surface area (Å²) in [4.78, 5) is 39.4. The lowest BCUT2D eigenvalue weighted by molar-refractivity contribution is -0.107. The van der Waals surface area contributed by atoms with E-state index in [1.165, 1.54) is 4.90 Å². The summed E-state index contributed by atoms with van der Waals surface area (Å²) < 4.78 is 0. The third-order valence-electron chi connectivity index (χ3n) is 4.34. The molecule has 25 heavy (non-hydrogen) atoms. The number of amides is 2. The molecule has 1 aliphatic heterocycles. The van der Waals surface area contributed by atoms with Gasteiger partial charge in [0, 0.05) is 53.6 Å². The molecule has 1 heterocycles. The van der Waals surface area contributed by atoms with E-state index in [-0.39, 0.29) is 11.8 Å². The van der Waals surface area contributed by atoms with Crippen LogP contribution in [0.15, 0.2) is 30.3 Å². The molecule has 3 rings (SSSR count). The Bertz CT molecular complexity index is 823. The highest BCUT2D eigenvalue weighted by Crippen LogP contribution is 2.34. The second kappa shape index (κ2) is 7.03. The number of imide groups is 1. The molecule has 6 nitrogen and oxygen atoms in total. The third kappa shape index (κ3) is 3.13. The lowest BCUT2D eigenvalue weighted by Crippen LogP contribution is -2.43. The van der Waals surface area contributed by atoms with Crippen LogP contribution < -0.4 is 5.32 Å². The maximum absolute atomic E-state index is 12.8. The van der Waals surface area contributed by atoms with E-state index >= 15 is 0 Å². The van der Waals surface area contributed by atoms with E-state index in [0.717, 1.165) is 17.4 Å². The zero-order chi connectivity index (χ0) is 18.0. The number of aldehydes is 1. The molecule has 0 radical (unpaired) electrons. The molecule has 0 saturated heterocycles. The second-order valence-corrected chi connectivity index (χ2v) is 6.34. The molecule has 1 N–H and O–H groups in total. The average molecular weight is 339 g/mol. The van der Waals surface area contributed by atoms with Gasteiger partial charge in [-0.3, -0.25) is 14.5 Å². The van der Waals surface area contributed by atoms with E-state index in [1.807, 2.05) is 37.2 Å². The summed E-state index contributed by atoms with van der Waals surface area (Å²) in [5, 5.41) is 4.72. The normalized spacial score (nSPS) is 13.6. The molecule has 0 aliphatic carbocycles. The standard InChI is InChI=1S/C19H21N3O3/c1-21(2)10-11-22-18(24)14-6-3-5-13-16(20-9-4-12-23)8-7-15(17(13)14)19(22)25/h3,5-8,12,20H,4,9-11H2,1-2H3. The number of hydrogen-bond donors (Lipinski definition) is 1. The molecule has 6 heteroatoms. The van der Waals surface area contributed by atoms with Gasteiger partial charge in [-0.1, -0.05) is 12.1 Å². The average Bonchev–Trinajstić information content (AvgIpc) is 2.60. The lowest BCUT2D eigenvalue weighted by atomic mass is 9.93. The van der Waals surface area contributed by atoms with Gasteiger partial charge in [-0.05, 0) is 32.3 Å². The van der Waals surface area contributed by atoms with E-state index in [9.17, 15) is 14.4 Å². The molecule has 0 fully saturated rings. The van der Waals surface area contributed by atoms with Crippen LogP contribution in [0, 0.1) is 0 Å². The van der Waals surface area contributed by atoms with Crippen molar-refractivity contribution in [3.05, 3.63) is 41.5 Å².